The van der Waals surface area contributed by atoms with Gasteiger partial charge in [-0.2, -0.15) is 0 Å². The first-order valence-corrected chi connectivity index (χ1v) is 8.67. The number of rotatable bonds is 3. The van der Waals surface area contributed by atoms with Gasteiger partial charge in [-0.15, -0.1) is 0 Å². The van der Waals surface area contributed by atoms with Crippen LogP contribution in [0.25, 0.3) is 10.8 Å². The van der Waals surface area contributed by atoms with E-state index >= 15 is 0 Å². The highest BCUT2D eigenvalue weighted by atomic mass is 16.5. The average molecular weight is 348 g/mol. The van der Waals surface area contributed by atoms with Gasteiger partial charge in [0.05, 0.1) is 12.5 Å². The molecule has 0 N–H and O–H groups in total. The van der Waals surface area contributed by atoms with E-state index in [1.807, 2.05) is 35.2 Å². The minimum absolute atomic E-state index is 0.0381. The van der Waals surface area contributed by atoms with Gasteiger partial charge in [0.1, 0.15) is 12.3 Å². The number of pyridine rings is 1. The predicted molar refractivity (Wildman–Crippen MR) is 100 cm³/mol. The number of hydrogen-bond donors (Lipinski definition) is 0. The number of methoxy groups -OCH3 is 1. The SMILES string of the molecule is COc1ccc2ccn(CC(=O)N3CCc4ccccc4C3)c(=O)c2c1. The molecule has 0 unspecified atom stereocenters. The second-order valence-corrected chi connectivity index (χ2v) is 6.54. The van der Waals surface area contributed by atoms with Crippen LogP contribution in [-0.2, 0) is 24.3 Å². The largest absolute Gasteiger partial charge is 0.497 e. The molecule has 0 saturated heterocycles. The van der Waals surface area contributed by atoms with E-state index in [0.717, 1.165) is 11.8 Å². The number of ether oxygens (including phenoxy) is 1. The third-order valence-electron chi connectivity index (χ3n) is 4.97. The first-order chi connectivity index (χ1) is 12.7. The van der Waals surface area contributed by atoms with Gasteiger partial charge in [0, 0.05) is 19.3 Å². The number of fused-ring (bicyclic) bond motifs is 2. The first-order valence-electron chi connectivity index (χ1n) is 8.67. The maximum atomic E-state index is 12.7. The third kappa shape index (κ3) is 2.96. The molecule has 0 aliphatic carbocycles. The van der Waals surface area contributed by atoms with Crippen molar-refractivity contribution >= 4 is 16.7 Å². The van der Waals surface area contributed by atoms with Crippen molar-refractivity contribution in [2.75, 3.05) is 13.7 Å². The molecule has 1 aromatic heterocycles. The van der Waals surface area contributed by atoms with Crippen molar-refractivity contribution in [1.29, 1.82) is 0 Å². The van der Waals surface area contributed by atoms with Gasteiger partial charge < -0.3 is 14.2 Å². The molecule has 5 nitrogen and oxygen atoms in total. The van der Waals surface area contributed by atoms with Crippen LogP contribution in [0.2, 0.25) is 0 Å². The van der Waals surface area contributed by atoms with Gasteiger partial charge in [-0.3, -0.25) is 9.59 Å². The topological polar surface area (TPSA) is 51.5 Å². The van der Waals surface area contributed by atoms with Crippen LogP contribution >= 0.6 is 0 Å². The minimum atomic E-state index is -0.174. The lowest BCUT2D eigenvalue weighted by molar-refractivity contribution is -0.132. The number of amides is 1. The number of carbonyl (C=O) groups is 1. The Morgan fingerprint density at radius 2 is 1.92 bits per heavy atom. The van der Waals surface area contributed by atoms with E-state index < -0.39 is 0 Å². The summed E-state index contributed by atoms with van der Waals surface area (Å²) in [6, 6.07) is 15.4. The lowest BCUT2D eigenvalue weighted by Crippen LogP contribution is -2.39. The number of nitrogens with zero attached hydrogens (tertiary/aromatic N) is 2. The van der Waals surface area contributed by atoms with Crippen LogP contribution in [0.15, 0.2) is 59.5 Å². The molecule has 0 fully saturated rings. The Balaban J connectivity index is 1.58. The van der Waals surface area contributed by atoms with Crippen LogP contribution in [0.3, 0.4) is 0 Å². The molecule has 132 valence electrons. The number of aromatic nitrogens is 1. The molecule has 2 heterocycles. The molecule has 1 aliphatic rings. The summed E-state index contributed by atoms with van der Waals surface area (Å²) < 4.78 is 6.68. The van der Waals surface area contributed by atoms with Crippen molar-refractivity contribution in [3.05, 3.63) is 76.2 Å². The maximum absolute atomic E-state index is 12.7. The Hall–Kier alpha value is -3.08. The van der Waals surface area contributed by atoms with Crippen LogP contribution in [0.1, 0.15) is 11.1 Å². The standard InChI is InChI=1S/C21H20N2O3/c1-26-18-7-6-16-9-11-23(21(25)19(16)12-18)14-20(24)22-10-8-15-4-2-3-5-17(15)13-22/h2-7,9,11-12H,8,10,13-14H2,1H3. The van der Waals surface area contributed by atoms with Crippen molar-refractivity contribution < 1.29 is 9.53 Å². The van der Waals surface area contributed by atoms with Crippen LogP contribution < -0.4 is 10.3 Å². The molecule has 0 radical (unpaired) electrons. The van der Waals surface area contributed by atoms with Crippen LogP contribution in [0, 0.1) is 0 Å². The molecule has 0 atom stereocenters. The smallest absolute Gasteiger partial charge is 0.259 e. The van der Waals surface area contributed by atoms with E-state index in [4.69, 9.17) is 4.74 Å². The van der Waals surface area contributed by atoms with Gasteiger partial charge in [0.15, 0.2) is 0 Å². The molecule has 2 aromatic carbocycles. The molecule has 1 amide bonds. The number of benzene rings is 2. The molecule has 0 bridgehead atoms. The first kappa shape index (κ1) is 16.4. The Kier molecular flexibility index (Phi) is 4.21. The number of hydrogen-bond acceptors (Lipinski definition) is 3. The molecule has 26 heavy (non-hydrogen) atoms. The van der Waals surface area contributed by atoms with E-state index in [9.17, 15) is 9.59 Å². The van der Waals surface area contributed by atoms with Crippen molar-refractivity contribution in [3.8, 4) is 5.75 Å². The maximum Gasteiger partial charge on any atom is 0.259 e. The molecule has 0 saturated carbocycles. The second kappa shape index (κ2) is 6.67. The Morgan fingerprint density at radius 1 is 1.12 bits per heavy atom. The highest BCUT2D eigenvalue weighted by Gasteiger charge is 2.21. The lowest BCUT2D eigenvalue weighted by Gasteiger charge is -2.29. The van der Waals surface area contributed by atoms with Crippen LogP contribution in [0.5, 0.6) is 5.75 Å². The summed E-state index contributed by atoms with van der Waals surface area (Å²) in [6.07, 6.45) is 2.54. The van der Waals surface area contributed by atoms with Gasteiger partial charge in [-0.05, 0) is 41.1 Å². The molecule has 3 aromatic rings. The summed E-state index contributed by atoms with van der Waals surface area (Å²) in [5.74, 6) is 0.593. The second-order valence-electron chi connectivity index (χ2n) is 6.54. The van der Waals surface area contributed by atoms with E-state index in [2.05, 4.69) is 12.1 Å². The molecular weight excluding hydrogens is 328 g/mol. The van der Waals surface area contributed by atoms with Gasteiger partial charge in [-0.25, -0.2) is 0 Å². The highest BCUT2D eigenvalue weighted by Crippen LogP contribution is 2.20. The van der Waals surface area contributed by atoms with Crippen LogP contribution in [-0.4, -0.2) is 29.0 Å². The van der Waals surface area contributed by atoms with E-state index in [-0.39, 0.29) is 18.0 Å². The molecule has 0 spiro atoms. The summed E-state index contributed by atoms with van der Waals surface area (Å²) in [4.78, 5) is 27.3. The fourth-order valence-corrected chi connectivity index (χ4v) is 3.46. The molecule has 1 aliphatic heterocycles. The molecular formula is C21H20N2O3. The summed E-state index contributed by atoms with van der Waals surface area (Å²) in [6.45, 7) is 1.34. The Bertz CT molecular complexity index is 1040. The van der Waals surface area contributed by atoms with Gasteiger partial charge in [-0.1, -0.05) is 30.3 Å². The average Bonchev–Trinajstić information content (AvgIpc) is 2.69. The Labute approximate surface area is 151 Å². The van der Waals surface area contributed by atoms with Gasteiger partial charge >= 0.3 is 0 Å². The third-order valence-corrected chi connectivity index (χ3v) is 4.97. The lowest BCUT2D eigenvalue weighted by atomic mass is 10.00. The number of carbonyl (C=O) groups excluding carboxylic acids is 1. The minimum Gasteiger partial charge on any atom is -0.497 e. The zero-order chi connectivity index (χ0) is 18.1. The van der Waals surface area contributed by atoms with E-state index in [1.165, 1.54) is 15.7 Å². The monoisotopic (exact) mass is 348 g/mol. The summed E-state index contributed by atoms with van der Waals surface area (Å²) in [5.41, 5.74) is 2.31. The fourth-order valence-electron chi connectivity index (χ4n) is 3.46. The van der Waals surface area contributed by atoms with E-state index in [0.29, 0.717) is 24.2 Å². The summed E-state index contributed by atoms with van der Waals surface area (Å²) >= 11 is 0. The van der Waals surface area contributed by atoms with Gasteiger partial charge in [0.2, 0.25) is 5.91 Å². The fraction of sp³-hybridized carbons (Fsp3) is 0.238. The van der Waals surface area contributed by atoms with Crippen molar-refractivity contribution in [3.63, 3.8) is 0 Å². The van der Waals surface area contributed by atoms with Crippen LogP contribution in [0.4, 0.5) is 0 Å². The zero-order valence-electron chi connectivity index (χ0n) is 14.6. The van der Waals surface area contributed by atoms with Crippen molar-refractivity contribution in [2.24, 2.45) is 0 Å². The highest BCUT2D eigenvalue weighted by molar-refractivity contribution is 5.83. The summed E-state index contributed by atoms with van der Waals surface area (Å²) in [7, 11) is 1.57. The predicted octanol–water partition coefficient (Wildman–Crippen LogP) is 2.60. The summed E-state index contributed by atoms with van der Waals surface area (Å²) in [5, 5.41) is 1.40. The van der Waals surface area contributed by atoms with Crippen molar-refractivity contribution in [1.82, 2.24) is 9.47 Å². The van der Waals surface area contributed by atoms with Gasteiger partial charge in [0.25, 0.3) is 5.56 Å². The normalized spacial score (nSPS) is 13.5. The zero-order valence-corrected chi connectivity index (χ0v) is 14.6. The molecule has 5 heteroatoms. The quantitative estimate of drug-likeness (QED) is 0.731. The Morgan fingerprint density at radius 3 is 2.73 bits per heavy atom. The van der Waals surface area contributed by atoms with Crippen molar-refractivity contribution in [2.45, 2.75) is 19.5 Å². The molecule has 4 rings (SSSR count). The van der Waals surface area contributed by atoms with E-state index in [1.54, 1.807) is 19.4 Å².